The molecule has 2 rings (SSSR count). The molecule has 0 saturated heterocycles. The molecule has 0 atom stereocenters. The van der Waals surface area contributed by atoms with Crippen LogP contribution in [-0.4, -0.2) is 15.1 Å². The zero-order chi connectivity index (χ0) is 11.4. The Morgan fingerprint density at radius 1 is 1.38 bits per heavy atom. The summed E-state index contributed by atoms with van der Waals surface area (Å²) in [5.74, 6) is 0.683. The van der Waals surface area contributed by atoms with E-state index in [1.54, 1.807) is 29.7 Å². The summed E-state index contributed by atoms with van der Waals surface area (Å²) in [6, 6.07) is 3.53. The highest BCUT2D eigenvalue weighted by Gasteiger charge is 2.00. The van der Waals surface area contributed by atoms with Crippen LogP contribution in [0.15, 0.2) is 23.7 Å². The molecule has 0 aromatic carbocycles. The minimum absolute atomic E-state index is 0.0500. The molecule has 1 N–H and O–H groups in total. The van der Waals surface area contributed by atoms with Gasteiger partial charge in [0.25, 0.3) is 0 Å². The molecule has 0 saturated carbocycles. The smallest absolute Gasteiger partial charge is 0.138 e. The summed E-state index contributed by atoms with van der Waals surface area (Å²) in [6.07, 6.45) is 1.60. The molecule has 16 heavy (non-hydrogen) atoms. The van der Waals surface area contributed by atoms with Crippen LogP contribution in [0, 0.1) is 6.92 Å². The Hall–Kier alpha value is -1.46. The van der Waals surface area contributed by atoms with Crippen molar-refractivity contribution in [3.63, 3.8) is 0 Å². The molecule has 0 aliphatic rings. The number of hydrogen-bond acceptors (Lipinski definition) is 5. The molecular weight excluding hydrogens is 224 g/mol. The van der Waals surface area contributed by atoms with Crippen LogP contribution in [0.25, 0.3) is 0 Å². The van der Waals surface area contributed by atoms with Gasteiger partial charge >= 0.3 is 0 Å². The molecule has 2 aromatic rings. The summed E-state index contributed by atoms with van der Waals surface area (Å²) >= 11 is 1.61. The summed E-state index contributed by atoms with van der Waals surface area (Å²) in [5.41, 5.74) is 1.56. The fourth-order valence-corrected chi connectivity index (χ4v) is 1.82. The van der Waals surface area contributed by atoms with Crippen molar-refractivity contribution in [1.82, 2.24) is 9.97 Å². The van der Waals surface area contributed by atoms with E-state index in [2.05, 4.69) is 9.97 Å². The maximum Gasteiger partial charge on any atom is 0.138 e. The largest absolute Gasteiger partial charge is 0.486 e. The Bertz CT molecular complexity index is 453. The number of pyridine rings is 1. The average Bonchev–Trinajstić information content (AvgIpc) is 2.73. The highest BCUT2D eigenvalue weighted by molar-refractivity contribution is 7.09. The van der Waals surface area contributed by atoms with Gasteiger partial charge in [-0.15, -0.1) is 11.3 Å². The van der Waals surface area contributed by atoms with Gasteiger partial charge in [-0.25, -0.2) is 4.98 Å². The summed E-state index contributed by atoms with van der Waals surface area (Å²) in [4.78, 5) is 8.31. The third kappa shape index (κ3) is 2.77. The van der Waals surface area contributed by atoms with E-state index in [9.17, 15) is 0 Å². The first kappa shape index (κ1) is 11.0. The number of aromatic nitrogens is 2. The number of aliphatic hydroxyl groups excluding tert-OH is 1. The van der Waals surface area contributed by atoms with Crippen molar-refractivity contribution in [1.29, 1.82) is 0 Å². The van der Waals surface area contributed by atoms with E-state index in [0.29, 0.717) is 18.1 Å². The van der Waals surface area contributed by atoms with Crippen molar-refractivity contribution in [2.75, 3.05) is 0 Å². The predicted molar refractivity (Wildman–Crippen MR) is 61.3 cm³/mol. The standard InChI is InChI=1S/C11H12N2O2S/c1-8-13-10(7-16-8)6-15-11-3-2-9(5-14)12-4-11/h2-4,7,14H,5-6H2,1H3. The second kappa shape index (κ2) is 5.05. The molecule has 0 fully saturated rings. The van der Waals surface area contributed by atoms with Gasteiger partial charge in [0.15, 0.2) is 0 Å². The molecule has 0 unspecified atom stereocenters. The zero-order valence-corrected chi connectivity index (χ0v) is 9.70. The third-order valence-corrected chi connectivity index (χ3v) is 2.84. The van der Waals surface area contributed by atoms with Crippen molar-refractivity contribution in [3.8, 4) is 5.75 Å². The quantitative estimate of drug-likeness (QED) is 0.881. The number of thiazole rings is 1. The lowest BCUT2D eigenvalue weighted by Gasteiger charge is -2.03. The normalized spacial score (nSPS) is 10.4. The first-order valence-corrected chi connectivity index (χ1v) is 5.75. The summed E-state index contributed by atoms with van der Waals surface area (Å²) < 4.78 is 5.50. The molecule has 0 aliphatic carbocycles. The van der Waals surface area contributed by atoms with Gasteiger partial charge in [0, 0.05) is 5.38 Å². The lowest BCUT2D eigenvalue weighted by molar-refractivity contribution is 0.274. The Balaban J connectivity index is 1.94. The van der Waals surface area contributed by atoms with Crippen LogP contribution < -0.4 is 4.74 Å². The number of ether oxygens (including phenoxy) is 1. The van der Waals surface area contributed by atoms with Crippen molar-refractivity contribution < 1.29 is 9.84 Å². The molecule has 0 spiro atoms. The molecule has 0 bridgehead atoms. The number of rotatable bonds is 4. The van der Waals surface area contributed by atoms with Crippen molar-refractivity contribution in [2.24, 2.45) is 0 Å². The Morgan fingerprint density at radius 2 is 2.25 bits per heavy atom. The molecule has 4 nitrogen and oxygen atoms in total. The topological polar surface area (TPSA) is 55.2 Å². The van der Waals surface area contributed by atoms with Crippen molar-refractivity contribution in [3.05, 3.63) is 40.1 Å². The third-order valence-electron chi connectivity index (χ3n) is 2.01. The van der Waals surface area contributed by atoms with Gasteiger partial charge in [0.1, 0.15) is 12.4 Å². The van der Waals surface area contributed by atoms with E-state index in [-0.39, 0.29) is 6.61 Å². The zero-order valence-electron chi connectivity index (χ0n) is 8.88. The van der Waals surface area contributed by atoms with Gasteiger partial charge in [-0.3, -0.25) is 4.98 Å². The van der Waals surface area contributed by atoms with Crippen LogP contribution in [0.5, 0.6) is 5.75 Å². The molecule has 2 aromatic heterocycles. The Labute approximate surface area is 97.6 Å². The van der Waals surface area contributed by atoms with Gasteiger partial charge in [-0.1, -0.05) is 0 Å². The Kier molecular flexibility index (Phi) is 3.48. The van der Waals surface area contributed by atoms with Crippen LogP contribution in [0.2, 0.25) is 0 Å². The minimum atomic E-state index is -0.0500. The average molecular weight is 236 g/mol. The van der Waals surface area contributed by atoms with Crippen LogP contribution in [0.4, 0.5) is 0 Å². The number of nitrogens with zero attached hydrogens (tertiary/aromatic N) is 2. The molecule has 0 aliphatic heterocycles. The molecule has 0 radical (unpaired) electrons. The van der Waals surface area contributed by atoms with E-state index in [1.807, 2.05) is 12.3 Å². The monoisotopic (exact) mass is 236 g/mol. The number of aryl methyl sites for hydroxylation is 1. The van der Waals surface area contributed by atoms with Crippen LogP contribution in [0.3, 0.4) is 0 Å². The fraction of sp³-hybridized carbons (Fsp3) is 0.273. The number of aliphatic hydroxyl groups is 1. The summed E-state index contributed by atoms with van der Waals surface area (Å²) in [5, 5.41) is 11.8. The van der Waals surface area contributed by atoms with E-state index in [0.717, 1.165) is 10.7 Å². The van der Waals surface area contributed by atoms with Crippen molar-refractivity contribution >= 4 is 11.3 Å². The van der Waals surface area contributed by atoms with E-state index in [4.69, 9.17) is 9.84 Å². The maximum absolute atomic E-state index is 8.83. The first-order chi connectivity index (χ1) is 7.78. The molecule has 0 amide bonds. The maximum atomic E-state index is 8.83. The minimum Gasteiger partial charge on any atom is -0.486 e. The van der Waals surface area contributed by atoms with Crippen LogP contribution >= 0.6 is 11.3 Å². The SMILES string of the molecule is Cc1nc(COc2ccc(CO)nc2)cs1. The predicted octanol–water partition coefficient (Wildman–Crippen LogP) is 1.92. The highest BCUT2D eigenvalue weighted by atomic mass is 32.1. The van der Waals surface area contributed by atoms with Gasteiger partial charge in [-0.05, 0) is 19.1 Å². The van der Waals surface area contributed by atoms with Gasteiger partial charge in [0.05, 0.1) is 29.2 Å². The summed E-state index contributed by atoms with van der Waals surface area (Å²) in [7, 11) is 0. The van der Waals surface area contributed by atoms with Crippen LogP contribution in [-0.2, 0) is 13.2 Å². The molecule has 5 heteroatoms. The van der Waals surface area contributed by atoms with E-state index >= 15 is 0 Å². The first-order valence-electron chi connectivity index (χ1n) is 4.87. The second-order valence-electron chi connectivity index (χ2n) is 3.29. The molecule has 2 heterocycles. The molecule has 84 valence electrons. The molecular formula is C11H12N2O2S. The summed E-state index contributed by atoms with van der Waals surface area (Å²) in [6.45, 7) is 2.36. The van der Waals surface area contributed by atoms with E-state index < -0.39 is 0 Å². The van der Waals surface area contributed by atoms with Gasteiger partial charge in [-0.2, -0.15) is 0 Å². The van der Waals surface area contributed by atoms with Gasteiger partial charge in [0.2, 0.25) is 0 Å². The fourth-order valence-electron chi connectivity index (χ4n) is 1.22. The lowest BCUT2D eigenvalue weighted by atomic mass is 10.3. The van der Waals surface area contributed by atoms with Gasteiger partial charge < -0.3 is 9.84 Å². The highest BCUT2D eigenvalue weighted by Crippen LogP contribution is 2.13. The van der Waals surface area contributed by atoms with E-state index in [1.165, 1.54) is 0 Å². The van der Waals surface area contributed by atoms with Crippen LogP contribution in [0.1, 0.15) is 16.4 Å². The number of hydrogen-bond donors (Lipinski definition) is 1. The van der Waals surface area contributed by atoms with Crippen molar-refractivity contribution in [2.45, 2.75) is 20.1 Å². The Morgan fingerprint density at radius 3 is 2.81 bits per heavy atom. The lowest BCUT2D eigenvalue weighted by Crippen LogP contribution is -1.97. The second-order valence-corrected chi connectivity index (χ2v) is 4.35.